The first kappa shape index (κ1) is 13.9. The highest BCUT2D eigenvalue weighted by molar-refractivity contribution is 6.02. The van der Waals surface area contributed by atoms with Crippen molar-refractivity contribution in [2.45, 2.75) is 27.7 Å². The summed E-state index contributed by atoms with van der Waals surface area (Å²) in [4.78, 5) is 12.5. The van der Waals surface area contributed by atoms with Gasteiger partial charge in [-0.2, -0.15) is 5.10 Å². The zero-order valence-corrected chi connectivity index (χ0v) is 12.9. The maximum Gasteiger partial charge on any atom is 0.229 e. The average Bonchev–Trinajstić information content (AvgIpc) is 2.78. The van der Waals surface area contributed by atoms with Crippen molar-refractivity contribution < 1.29 is 4.79 Å². The summed E-state index contributed by atoms with van der Waals surface area (Å²) in [6.07, 6.45) is 2.20. The van der Waals surface area contributed by atoms with E-state index in [4.69, 9.17) is 0 Å². The molecule has 4 heteroatoms. The van der Waals surface area contributed by atoms with Crippen molar-refractivity contribution in [3.8, 4) is 0 Å². The van der Waals surface area contributed by atoms with Gasteiger partial charge in [0.05, 0.1) is 11.4 Å². The molecule has 1 aliphatic rings. The lowest BCUT2D eigenvalue weighted by molar-refractivity contribution is -0.118. The van der Waals surface area contributed by atoms with Gasteiger partial charge in [-0.1, -0.05) is 37.6 Å². The van der Waals surface area contributed by atoms with E-state index >= 15 is 0 Å². The number of nitrogens with zero attached hydrogens (tertiary/aromatic N) is 1. The van der Waals surface area contributed by atoms with Crippen molar-refractivity contribution in [1.82, 2.24) is 10.2 Å². The Labute approximate surface area is 124 Å². The van der Waals surface area contributed by atoms with E-state index in [-0.39, 0.29) is 17.2 Å². The molecule has 110 valence electrons. The van der Waals surface area contributed by atoms with Gasteiger partial charge in [0.1, 0.15) is 0 Å². The number of amides is 1. The molecule has 0 aliphatic heterocycles. The first-order valence-electron chi connectivity index (χ1n) is 7.30. The molecule has 1 aromatic carbocycles. The van der Waals surface area contributed by atoms with Crippen LogP contribution in [0.15, 0.2) is 35.9 Å². The summed E-state index contributed by atoms with van der Waals surface area (Å²) in [5, 5.41) is 11.1. The highest BCUT2D eigenvalue weighted by Crippen LogP contribution is 2.59. The molecule has 4 nitrogen and oxygen atoms in total. The second-order valence-electron chi connectivity index (χ2n) is 6.68. The zero-order chi connectivity index (χ0) is 15.2. The molecular formula is C17H21N3O. The number of nitrogens with one attached hydrogen (secondary N) is 2. The summed E-state index contributed by atoms with van der Waals surface area (Å²) in [5.74, 6) is 1.00. The number of carbonyl (C=O) groups excluding carboxylic acids is 1. The van der Waals surface area contributed by atoms with E-state index in [1.54, 1.807) is 0 Å². The molecular weight excluding hydrogens is 262 g/mol. The number of rotatable bonds is 3. The third-order valence-corrected chi connectivity index (χ3v) is 4.42. The van der Waals surface area contributed by atoms with Gasteiger partial charge in [0, 0.05) is 5.39 Å². The number of aromatic nitrogens is 2. The van der Waals surface area contributed by atoms with Crippen LogP contribution in [0.1, 0.15) is 27.7 Å². The fourth-order valence-corrected chi connectivity index (χ4v) is 3.10. The number of H-pyrrole nitrogens is 1. The highest BCUT2D eigenvalue weighted by Gasteiger charge is 2.60. The molecule has 1 amide bonds. The third-order valence-electron chi connectivity index (χ3n) is 4.42. The maximum atomic E-state index is 12.5. The second-order valence-corrected chi connectivity index (χ2v) is 6.68. The Kier molecular flexibility index (Phi) is 3.12. The Balaban J connectivity index is 1.80. The van der Waals surface area contributed by atoms with Crippen LogP contribution in [0.25, 0.3) is 10.9 Å². The summed E-state index contributed by atoms with van der Waals surface area (Å²) in [6.45, 7) is 8.43. The van der Waals surface area contributed by atoms with Crippen molar-refractivity contribution >= 4 is 22.6 Å². The Morgan fingerprint density at radius 1 is 1.33 bits per heavy atom. The van der Waals surface area contributed by atoms with Crippen LogP contribution in [-0.2, 0) is 4.79 Å². The van der Waals surface area contributed by atoms with Crippen molar-refractivity contribution in [1.29, 1.82) is 0 Å². The van der Waals surface area contributed by atoms with Crippen LogP contribution in [0.2, 0.25) is 0 Å². The molecule has 3 rings (SSSR count). The van der Waals surface area contributed by atoms with Gasteiger partial charge < -0.3 is 5.32 Å². The SMILES string of the molecule is CC(C)=C[C@@H]1[C@@H](C(=O)Nc2n[nH]c3ccccc23)C1(C)C. The summed E-state index contributed by atoms with van der Waals surface area (Å²) in [7, 11) is 0. The van der Waals surface area contributed by atoms with Gasteiger partial charge in [-0.15, -0.1) is 0 Å². The van der Waals surface area contributed by atoms with Gasteiger partial charge in [-0.25, -0.2) is 0 Å². The largest absolute Gasteiger partial charge is 0.308 e. The number of fused-ring (bicyclic) bond motifs is 1. The Morgan fingerprint density at radius 2 is 2.05 bits per heavy atom. The zero-order valence-electron chi connectivity index (χ0n) is 12.9. The molecule has 2 N–H and O–H groups in total. The Bertz CT molecular complexity index is 722. The molecule has 1 saturated carbocycles. The van der Waals surface area contributed by atoms with Gasteiger partial charge >= 0.3 is 0 Å². The average molecular weight is 283 g/mol. The van der Waals surface area contributed by atoms with E-state index in [1.807, 2.05) is 24.3 Å². The number of hydrogen-bond acceptors (Lipinski definition) is 2. The van der Waals surface area contributed by atoms with Crippen molar-refractivity contribution in [2.75, 3.05) is 5.32 Å². The molecule has 1 aliphatic carbocycles. The van der Waals surface area contributed by atoms with Crippen molar-refractivity contribution in [2.24, 2.45) is 17.3 Å². The smallest absolute Gasteiger partial charge is 0.229 e. The lowest BCUT2D eigenvalue weighted by Gasteiger charge is -2.03. The number of anilines is 1. The molecule has 1 aromatic heterocycles. The predicted molar refractivity (Wildman–Crippen MR) is 84.9 cm³/mol. The third kappa shape index (κ3) is 2.35. The van der Waals surface area contributed by atoms with E-state index in [9.17, 15) is 4.79 Å². The van der Waals surface area contributed by atoms with Crippen molar-refractivity contribution in [3.05, 3.63) is 35.9 Å². The van der Waals surface area contributed by atoms with Gasteiger partial charge in [0.25, 0.3) is 0 Å². The van der Waals surface area contributed by atoms with Gasteiger partial charge in [0.2, 0.25) is 5.91 Å². The summed E-state index contributed by atoms with van der Waals surface area (Å²) in [5.41, 5.74) is 2.21. The second kappa shape index (κ2) is 4.72. The number of carbonyl (C=O) groups is 1. The number of hydrogen-bond donors (Lipinski definition) is 2. The fraction of sp³-hybridized carbons (Fsp3) is 0.412. The molecule has 0 unspecified atom stereocenters. The monoisotopic (exact) mass is 283 g/mol. The normalized spacial score (nSPS) is 22.9. The van der Waals surface area contributed by atoms with Crippen LogP contribution in [0.5, 0.6) is 0 Å². The lowest BCUT2D eigenvalue weighted by atomic mass is 10.1. The van der Waals surface area contributed by atoms with Gasteiger partial charge in [-0.3, -0.25) is 9.89 Å². The number of aromatic amines is 1. The van der Waals surface area contributed by atoms with E-state index in [1.165, 1.54) is 5.57 Å². The molecule has 0 spiro atoms. The van der Waals surface area contributed by atoms with E-state index in [0.717, 1.165) is 10.9 Å². The number of benzene rings is 1. The molecule has 21 heavy (non-hydrogen) atoms. The summed E-state index contributed by atoms with van der Waals surface area (Å²) < 4.78 is 0. The van der Waals surface area contributed by atoms with Crippen LogP contribution >= 0.6 is 0 Å². The van der Waals surface area contributed by atoms with E-state index < -0.39 is 0 Å². The summed E-state index contributed by atoms with van der Waals surface area (Å²) >= 11 is 0. The lowest BCUT2D eigenvalue weighted by Crippen LogP contribution is -2.17. The predicted octanol–water partition coefficient (Wildman–Crippen LogP) is 3.74. The minimum Gasteiger partial charge on any atom is -0.308 e. The minimum absolute atomic E-state index is 0.0165. The molecule has 0 bridgehead atoms. The molecule has 1 fully saturated rings. The van der Waals surface area contributed by atoms with Crippen LogP contribution in [0.3, 0.4) is 0 Å². The molecule has 0 saturated heterocycles. The first-order chi connectivity index (χ1) is 9.91. The van der Waals surface area contributed by atoms with Crippen LogP contribution in [-0.4, -0.2) is 16.1 Å². The fourth-order valence-electron chi connectivity index (χ4n) is 3.10. The topological polar surface area (TPSA) is 57.8 Å². The van der Waals surface area contributed by atoms with E-state index in [0.29, 0.717) is 11.7 Å². The van der Waals surface area contributed by atoms with Crippen molar-refractivity contribution in [3.63, 3.8) is 0 Å². The number of para-hydroxylation sites is 1. The molecule has 2 aromatic rings. The Hall–Kier alpha value is -2.10. The first-order valence-corrected chi connectivity index (χ1v) is 7.30. The quantitative estimate of drug-likeness (QED) is 0.843. The van der Waals surface area contributed by atoms with E-state index in [2.05, 4.69) is 49.3 Å². The van der Waals surface area contributed by atoms with Gasteiger partial charge in [0.15, 0.2) is 5.82 Å². The van der Waals surface area contributed by atoms with Gasteiger partial charge in [-0.05, 0) is 37.3 Å². The number of allylic oxidation sites excluding steroid dienone is 2. The maximum absolute atomic E-state index is 12.5. The minimum atomic E-state index is 0.0165. The van der Waals surface area contributed by atoms with Crippen LogP contribution in [0, 0.1) is 17.3 Å². The molecule has 2 atom stereocenters. The highest BCUT2D eigenvalue weighted by atomic mass is 16.2. The van der Waals surface area contributed by atoms with Crippen LogP contribution < -0.4 is 5.32 Å². The molecule has 1 heterocycles. The Morgan fingerprint density at radius 3 is 2.76 bits per heavy atom. The summed E-state index contributed by atoms with van der Waals surface area (Å²) in [6, 6.07) is 7.80. The van der Waals surface area contributed by atoms with Crippen LogP contribution in [0.4, 0.5) is 5.82 Å². The molecule has 0 radical (unpaired) electrons. The standard InChI is InChI=1S/C17H21N3O/c1-10(2)9-12-14(17(12,3)4)16(21)18-15-11-7-5-6-8-13(11)19-20-15/h5-9,12,14H,1-4H3,(H2,18,19,20,21)/t12-,14+/m1/s1.